The van der Waals surface area contributed by atoms with Gasteiger partial charge in [-0.25, -0.2) is 0 Å². The van der Waals surface area contributed by atoms with E-state index >= 15 is 0 Å². The van der Waals surface area contributed by atoms with Crippen LogP contribution in [-0.4, -0.2) is 41.1 Å². The second-order valence-electron chi connectivity index (χ2n) is 5.32. The highest BCUT2D eigenvalue weighted by atomic mass is 16.3. The lowest BCUT2D eigenvalue weighted by molar-refractivity contribution is -0.138. The summed E-state index contributed by atoms with van der Waals surface area (Å²) in [6, 6.07) is 0.00833. The van der Waals surface area contributed by atoms with Gasteiger partial charge in [-0.1, -0.05) is 13.3 Å². The number of aliphatic hydroxyl groups excluding tert-OH is 1. The van der Waals surface area contributed by atoms with Crippen LogP contribution in [-0.2, 0) is 4.79 Å². The van der Waals surface area contributed by atoms with Gasteiger partial charge < -0.3 is 15.7 Å². The van der Waals surface area contributed by atoms with Crippen molar-refractivity contribution in [3.8, 4) is 0 Å². The smallest absolute Gasteiger partial charge is 0.227 e. The first kappa shape index (κ1) is 11.9. The van der Waals surface area contributed by atoms with Crippen LogP contribution in [0.2, 0.25) is 0 Å². The molecule has 2 rings (SSSR count). The molecule has 4 unspecified atom stereocenters. The van der Waals surface area contributed by atoms with Crippen LogP contribution in [0, 0.1) is 11.8 Å². The fourth-order valence-corrected chi connectivity index (χ4v) is 3.04. The van der Waals surface area contributed by atoms with Crippen molar-refractivity contribution in [2.75, 3.05) is 13.1 Å². The van der Waals surface area contributed by atoms with Crippen LogP contribution in [0.1, 0.15) is 32.6 Å². The van der Waals surface area contributed by atoms with Crippen LogP contribution in [0.5, 0.6) is 0 Å². The van der Waals surface area contributed by atoms with Gasteiger partial charge in [-0.2, -0.15) is 0 Å². The molecule has 0 radical (unpaired) electrons. The van der Waals surface area contributed by atoms with Gasteiger partial charge in [0.25, 0.3) is 0 Å². The van der Waals surface area contributed by atoms with E-state index in [-0.39, 0.29) is 24.0 Å². The Kier molecular flexibility index (Phi) is 3.50. The SMILES string of the molecule is CC1CCCC(N)C1C(=O)N1CCC(O)C1. The first-order valence-electron chi connectivity index (χ1n) is 6.32. The Morgan fingerprint density at radius 2 is 2.12 bits per heavy atom. The molecule has 1 aliphatic carbocycles. The van der Waals surface area contributed by atoms with Gasteiger partial charge in [0.15, 0.2) is 0 Å². The summed E-state index contributed by atoms with van der Waals surface area (Å²) in [5, 5.41) is 9.45. The zero-order valence-corrected chi connectivity index (χ0v) is 9.93. The number of rotatable bonds is 1. The van der Waals surface area contributed by atoms with Crippen LogP contribution in [0.3, 0.4) is 0 Å². The maximum absolute atomic E-state index is 12.3. The number of aliphatic hydroxyl groups is 1. The summed E-state index contributed by atoms with van der Waals surface area (Å²) in [5.74, 6) is 0.518. The standard InChI is InChI=1S/C12H22N2O2/c1-8-3-2-4-10(13)11(8)12(16)14-6-5-9(15)7-14/h8-11,15H,2-7,13H2,1H3. The Hall–Kier alpha value is -0.610. The van der Waals surface area contributed by atoms with Gasteiger partial charge in [0.2, 0.25) is 5.91 Å². The zero-order chi connectivity index (χ0) is 11.7. The molecule has 0 spiro atoms. The maximum Gasteiger partial charge on any atom is 0.227 e. The third kappa shape index (κ3) is 2.23. The van der Waals surface area contributed by atoms with Crippen LogP contribution < -0.4 is 5.73 Å². The number of hydrogen-bond donors (Lipinski definition) is 2. The molecule has 92 valence electrons. The summed E-state index contributed by atoms with van der Waals surface area (Å²) in [7, 11) is 0. The normalized spacial score (nSPS) is 40.1. The Balaban J connectivity index is 2.02. The van der Waals surface area contributed by atoms with E-state index in [2.05, 4.69) is 6.92 Å². The number of nitrogens with two attached hydrogens (primary N) is 1. The molecule has 0 aromatic carbocycles. The molecule has 4 heteroatoms. The molecule has 0 aromatic rings. The van der Waals surface area contributed by atoms with Crippen molar-refractivity contribution in [1.29, 1.82) is 0 Å². The Bertz CT molecular complexity index is 260. The molecule has 1 saturated carbocycles. The van der Waals surface area contributed by atoms with Gasteiger partial charge in [-0.3, -0.25) is 4.79 Å². The Morgan fingerprint density at radius 3 is 2.69 bits per heavy atom. The average Bonchev–Trinajstić information content (AvgIpc) is 2.64. The molecule has 1 amide bonds. The second-order valence-corrected chi connectivity index (χ2v) is 5.32. The summed E-state index contributed by atoms with van der Waals surface area (Å²) in [6.07, 6.45) is 3.56. The lowest BCUT2D eigenvalue weighted by Gasteiger charge is -2.35. The predicted octanol–water partition coefficient (Wildman–Crippen LogP) is 0.343. The van der Waals surface area contributed by atoms with E-state index in [0.717, 1.165) is 19.3 Å². The van der Waals surface area contributed by atoms with Gasteiger partial charge in [0, 0.05) is 19.1 Å². The lowest BCUT2D eigenvalue weighted by atomic mass is 9.76. The molecule has 1 saturated heterocycles. The minimum Gasteiger partial charge on any atom is -0.391 e. The molecule has 2 fully saturated rings. The van der Waals surface area contributed by atoms with Crippen molar-refractivity contribution in [1.82, 2.24) is 4.90 Å². The van der Waals surface area contributed by atoms with Crippen molar-refractivity contribution in [2.45, 2.75) is 44.8 Å². The highest BCUT2D eigenvalue weighted by Crippen LogP contribution is 2.31. The minimum absolute atomic E-state index is 0.00833. The first-order valence-corrected chi connectivity index (χ1v) is 6.32. The summed E-state index contributed by atoms with van der Waals surface area (Å²) in [5.41, 5.74) is 6.06. The van der Waals surface area contributed by atoms with Gasteiger partial charge >= 0.3 is 0 Å². The summed E-state index contributed by atoms with van der Waals surface area (Å²) in [4.78, 5) is 14.1. The fourth-order valence-electron chi connectivity index (χ4n) is 3.04. The number of likely N-dealkylation sites (tertiary alicyclic amines) is 1. The van der Waals surface area contributed by atoms with Crippen molar-refractivity contribution in [3.63, 3.8) is 0 Å². The number of carbonyl (C=O) groups excluding carboxylic acids is 1. The van der Waals surface area contributed by atoms with E-state index in [4.69, 9.17) is 5.73 Å². The van der Waals surface area contributed by atoms with Crippen LogP contribution >= 0.6 is 0 Å². The molecule has 3 N–H and O–H groups in total. The molecule has 1 heterocycles. The monoisotopic (exact) mass is 226 g/mol. The van der Waals surface area contributed by atoms with E-state index in [1.54, 1.807) is 4.90 Å². The maximum atomic E-state index is 12.3. The molecule has 0 aromatic heterocycles. The molecule has 4 nitrogen and oxygen atoms in total. The number of hydrogen-bond acceptors (Lipinski definition) is 3. The molecular weight excluding hydrogens is 204 g/mol. The first-order chi connectivity index (χ1) is 7.59. The highest BCUT2D eigenvalue weighted by molar-refractivity contribution is 5.80. The van der Waals surface area contributed by atoms with Crippen molar-refractivity contribution >= 4 is 5.91 Å². The average molecular weight is 226 g/mol. The van der Waals surface area contributed by atoms with Gasteiger partial charge in [0.1, 0.15) is 0 Å². The van der Waals surface area contributed by atoms with Crippen LogP contribution in [0.25, 0.3) is 0 Å². The predicted molar refractivity (Wildman–Crippen MR) is 61.7 cm³/mol. The number of nitrogens with zero attached hydrogens (tertiary/aromatic N) is 1. The molecule has 1 aliphatic heterocycles. The lowest BCUT2D eigenvalue weighted by Crippen LogP contribution is -2.48. The topological polar surface area (TPSA) is 66.6 Å². The van der Waals surface area contributed by atoms with E-state index in [1.807, 2.05) is 0 Å². The molecule has 4 atom stereocenters. The van der Waals surface area contributed by atoms with E-state index in [0.29, 0.717) is 25.4 Å². The van der Waals surface area contributed by atoms with Gasteiger partial charge in [0.05, 0.1) is 12.0 Å². The Morgan fingerprint density at radius 1 is 1.38 bits per heavy atom. The van der Waals surface area contributed by atoms with E-state index in [9.17, 15) is 9.90 Å². The van der Waals surface area contributed by atoms with Crippen molar-refractivity contribution < 1.29 is 9.90 Å². The number of amides is 1. The molecule has 2 aliphatic rings. The molecule has 0 bridgehead atoms. The summed E-state index contributed by atoms with van der Waals surface area (Å²) in [6.45, 7) is 3.30. The summed E-state index contributed by atoms with van der Waals surface area (Å²) >= 11 is 0. The molecular formula is C12H22N2O2. The molecule has 16 heavy (non-hydrogen) atoms. The van der Waals surface area contributed by atoms with Crippen molar-refractivity contribution in [2.24, 2.45) is 17.6 Å². The van der Waals surface area contributed by atoms with Gasteiger partial charge in [-0.15, -0.1) is 0 Å². The van der Waals surface area contributed by atoms with Gasteiger partial charge in [-0.05, 0) is 25.2 Å². The third-order valence-electron chi connectivity index (χ3n) is 4.03. The minimum atomic E-state index is -0.334. The second kappa shape index (κ2) is 4.72. The zero-order valence-electron chi connectivity index (χ0n) is 9.93. The fraction of sp³-hybridized carbons (Fsp3) is 0.917. The summed E-state index contributed by atoms with van der Waals surface area (Å²) < 4.78 is 0. The third-order valence-corrected chi connectivity index (χ3v) is 4.03. The highest BCUT2D eigenvalue weighted by Gasteiger charge is 2.38. The number of β-amino-alcohol motifs (C(OH)–C–C–N with tert-alkyl or cyclic N) is 1. The van der Waals surface area contributed by atoms with E-state index < -0.39 is 0 Å². The van der Waals surface area contributed by atoms with Crippen LogP contribution in [0.15, 0.2) is 0 Å². The van der Waals surface area contributed by atoms with E-state index in [1.165, 1.54) is 0 Å². The Labute approximate surface area is 96.8 Å². The number of carbonyl (C=O) groups is 1. The largest absolute Gasteiger partial charge is 0.391 e. The van der Waals surface area contributed by atoms with Crippen LogP contribution in [0.4, 0.5) is 0 Å². The van der Waals surface area contributed by atoms with Crippen molar-refractivity contribution in [3.05, 3.63) is 0 Å². The quantitative estimate of drug-likeness (QED) is 0.677.